The Hall–Kier alpha value is -2.36. The molecule has 0 fully saturated rings. The summed E-state index contributed by atoms with van der Waals surface area (Å²) in [7, 11) is 0. The second kappa shape index (κ2) is 5.20. The molecule has 2 aromatic heterocycles. The van der Waals surface area contributed by atoms with Crippen LogP contribution < -0.4 is 0 Å². The Kier molecular flexibility index (Phi) is 3.07. The van der Waals surface area contributed by atoms with Crippen molar-refractivity contribution in [1.82, 2.24) is 18.2 Å². The second-order valence-corrected chi connectivity index (χ2v) is 5.70. The van der Waals surface area contributed by atoms with Gasteiger partial charge in [0.2, 0.25) is 0 Å². The predicted octanol–water partition coefficient (Wildman–Crippen LogP) is 2.81. The van der Waals surface area contributed by atoms with Gasteiger partial charge < -0.3 is 0 Å². The van der Waals surface area contributed by atoms with Crippen LogP contribution in [0.25, 0.3) is 33.5 Å². The van der Waals surface area contributed by atoms with Crippen LogP contribution in [0.2, 0.25) is 0 Å². The van der Waals surface area contributed by atoms with Gasteiger partial charge in [-0.15, -0.1) is 0 Å². The maximum atomic E-state index is 4.56. The standard InChI is InChI=1S/C16H10N4Se/c1-3-7-11(8-4-1)13-15-16(20-21-19-15)14(18-17-13)12-9-5-2-6-10-12/h1-10H. The van der Waals surface area contributed by atoms with Gasteiger partial charge in [0.05, 0.1) is 0 Å². The Morgan fingerprint density at radius 2 is 1.00 bits per heavy atom. The van der Waals surface area contributed by atoms with Crippen LogP contribution in [0, 0.1) is 0 Å². The zero-order valence-electron chi connectivity index (χ0n) is 11.0. The third-order valence-corrected chi connectivity index (χ3v) is 4.39. The van der Waals surface area contributed by atoms with Crippen LogP contribution in [-0.2, 0) is 0 Å². The monoisotopic (exact) mass is 338 g/mol. The fourth-order valence-electron chi connectivity index (χ4n) is 2.27. The Labute approximate surface area is 127 Å². The van der Waals surface area contributed by atoms with Crippen LogP contribution >= 0.6 is 0 Å². The summed E-state index contributed by atoms with van der Waals surface area (Å²) in [4.78, 5) is 0. The Balaban J connectivity index is 1.97. The molecule has 0 N–H and O–H groups in total. The third-order valence-electron chi connectivity index (χ3n) is 3.28. The van der Waals surface area contributed by atoms with Crippen LogP contribution in [0.1, 0.15) is 0 Å². The van der Waals surface area contributed by atoms with Crippen LogP contribution in [0.15, 0.2) is 60.7 Å². The van der Waals surface area contributed by atoms with E-state index in [0.29, 0.717) is 0 Å². The van der Waals surface area contributed by atoms with E-state index in [1.165, 1.54) is 0 Å². The molecule has 0 amide bonds. The molecule has 0 spiro atoms. The first kappa shape index (κ1) is 12.4. The summed E-state index contributed by atoms with van der Waals surface area (Å²) in [5.74, 6) is 0. The summed E-state index contributed by atoms with van der Waals surface area (Å²) in [6, 6.07) is 20.0. The topological polar surface area (TPSA) is 51.6 Å². The van der Waals surface area contributed by atoms with Crippen molar-refractivity contribution in [2.45, 2.75) is 0 Å². The van der Waals surface area contributed by atoms with Gasteiger partial charge in [0.25, 0.3) is 0 Å². The van der Waals surface area contributed by atoms with E-state index in [1.807, 2.05) is 60.7 Å². The quantitative estimate of drug-likeness (QED) is 0.528. The first-order chi connectivity index (χ1) is 10.4. The van der Waals surface area contributed by atoms with Crippen molar-refractivity contribution in [3.05, 3.63) is 60.7 Å². The molecule has 0 saturated heterocycles. The van der Waals surface area contributed by atoms with E-state index in [-0.39, 0.29) is 15.0 Å². The maximum absolute atomic E-state index is 4.56. The number of hydrogen-bond donors (Lipinski definition) is 0. The van der Waals surface area contributed by atoms with E-state index >= 15 is 0 Å². The summed E-state index contributed by atoms with van der Waals surface area (Å²) in [5, 5.41) is 8.81. The van der Waals surface area contributed by atoms with E-state index < -0.39 is 0 Å². The van der Waals surface area contributed by atoms with Crippen molar-refractivity contribution in [3.63, 3.8) is 0 Å². The van der Waals surface area contributed by atoms with Crippen LogP contribution in [-0.4, -0.2) is 33.1 Å². The molecule has 4 nitrogen and oxygen atoms in total. The molecule has 0 aliphatic carbocycles. The minimum absolute atomic E-state index is 0.111. The van der Waals surface area contributed by atoms with E-state index in [1.54, 1.807) is 0 Å². The summed E-state index contributed by atoms with van der Waals surface area (Å²) in [6.07, 6.45) is 0. The van der Waals surface area contributed by atoms with Crippen LogP contribution in [0.4, 0.5) is 0 Å². The average Bonchev–Trinajstić information content (AvgIpc) is 3.05. The van der Waals surface area contributed by atoms with Crippen molar-refractivity contribution in [2.24, 2.45) is 0 Å². The molecule has 0 bridgehead atoms. The van der Waals surface area contributed by atoms with Crippen LogP contribution in [0.5, 0.6) is 0 Å². The van der Waals surface area contributed by atoms with Gasteiger partial charge in [-0.05, 0) is 0 Å². The summed E-state index contributed by atoms with van der Waals surface area (Å²) in [6.45, 7) is 0. The van der Waals surface area contributed by atoms with Crippen molar-refractivity contribution >= 4 is 26.0 Å². The molecule has 2 heterocycles. The van der Waals surface area contributed by atoms with E-state index in [2.05, 4.69) is 18.2 Å². The summed E-state index contributed by atoms with van der Waals surface area (Å²) in [5.41, 5.74) is 5.42. The number of benzene rings is 2. The van der Waals surface area contributed by atoms with Gasteiger partial charge in [-0.2, -0.15) is 0 Å². The first-order valence-electron chi connectivity index (χ1n) is 6.53. The van der Waals surface area contributed by atoms with Crippen molar-refractivity contribution in [3.8, 4) is 22.5 Å². The molecule has 2 aromatic carbocycles. The zero-order valence-corrected chi connectivity index (χ0v) is 12.7. The molecule has 0 aliphatic rings. The van der Waals surface area contributed by atoms with Crippen molar-refractivity contribution in [2.75, 3.05) is 0 Å². The number of nitrogens with zero attached hydrogens (tertiary/aromatic N) is 4. The normalized spacial score (nSPS) is 10.9. The molecular formula is C16H10N4Se. The molecular weight excluding hydrogens is 327 g/mol. The molecule has 4 aromatic rings. The van der Waals surface area contributed by atoms with Crippen LogP contribution in [0.3, 0.4) is 0 Å². The Bertz CT molecular complexity index is 814. The van der Waals surface area contributed by atoms with Gasteiger partial charge in [-0.1, -0.05) is 0 Å². The van der Waals surface area contributed by atoms with Crippen molar-refractivity contribution < 1.29 is 0 Å². The summed E-state index contributed by atoms with van der Waals surface area (Å²) < 4.78 is 9.11. The number of aromatic nitrogens is 4. The fraction of sp³-hybridized carbons (Fsp3) is 0. The molecule has 0 unspecified atom stereocenters. The molecule has 4 rings (SSSR count). The number of fused-ring (bicyclic) bond motifs is 1. The second-order valence-electron chi connectivity index (χ2n) is 4.59. The molecule has 0 aliphatic heterocycles. The summed E-state index contributed by atoms with van der Waals surface area (Å²) >= 11 is -0.111. The molecule has 21 heavy (non-hydrogen) atoms. The van der Waals surface area contributed by atoms with Crippen molar-refractivity contribution in [1.29, 1.82) is 0 Å². The minimum atomic E-state index is -0.111. The Morgan fingerprint density at radius 1 is 0.571 bits per heavy atom. The molecule has 100 valence electrons. The third kappa shape index (κ3) is 2.17. The predicted molar refractivity (Wildman–Crippen MR) is 82.9 cm³/mol. The molecule has 0 atom stereocenters. The number of hydrogen-bond acceptors (Lipinski definition) is 4. The molecule has 0 saturated carbocycles. The van der Waals surface area contributed by atoms with Gasteiger partial charge in [-0.3, -0.25) is 0 Å². The SMILES string of the molecule is c1ccc(-c2nnc(-c3ccccc3)c3n[se]nc23)cc1. The molecule has 0 radical (unpaired) electrons. The Morgan fingerprint density at radius 3 is 1.43 bits per heavy atom. The zero-order chi connectivity index (χ0) is 14.1. The average molecular weight is 337 g/mol. The number of rotatable bonds is 2. The van der Waals surface area contributed by atoms with E-state index in [9.17, 15) is 0 Å². The van der Waals surface area contributed by atoms with E-state index in [4.69, 9.17) is 0 Å². The van der Waals surface area contributed by atoms with Gasteiger partial charge in [-0.25, -0.2) is 0 Å². The first-order valence-corrected chi connectivity index (χ1v) is 8.06. The van der Waals surface area contributed by atoms with E-state index in [0.717, 1.165) is 33.5 Å². The van der Waals surface area contributed by atoms with Gasteiger partial charge in [0, 0.05) is 0 Å². The fourth-order valence-corrected chi connectivity index (χ4v) is 3.43. The molecule has 5 heteroatoms. The van der Waals surface area contributed by atoms with Gasteiger partial charge in [0.1, 0.15) is 0 Å². The van der Waals surface area contributed by atoms with Gasteiger partial charge >= 0.3 is 127 Å². The van der Waals surface area contributed by atoms with Gasteiger partial charge in [0.15, 0.2) is 0 Å².